The second kappa shape index (κ2) is 8.87. The largest absolute Gasteiger partial charge is 0.354 e. The van der Waals surface area contributed by atoms with Gasteiger partial charge in [0.2, 0.25) is 15.9 Å². The van der Waals surface area contributed by atoms with Gasteiger partial charge in [0.15, 0.2) is 0 Å². The van der Waals surface area contributed by atoms with Gasteiger partial charge in [0.1, 0.15) is 6.54 Å². The number of rotatable bonds is 8. The van der Waals surface area contributed by atoms with Crippen molar-refractivity contribution in [3.63, 3.8) is 0 Å². The lowest BCUT2D eigenvalue weighted by Crippen LogP contribution is -2.41. The van der Waals surface area contributed by atoms with E-state index in [0.717, 1.165) is 36.6 Å². The first kappa shape index (κ1) is 20.0. The van der Waals surface area contributed by atoms with Gasteiger partial charge in [-0.1, -0.05) is 17.7 Å². The Kier molecular flexibility index (Phi) is 7.10. The summed E-state index contributed by atoms with van der Waals surface area (Å²) in [7, 11) is -3.59. The van der Waals surface area contributed by atoms with E-state index >= 15 is 0 Å². The van der Waals surface area contributed by atoms with Gasteiger partial charge in [0.25, 0.3) is 0 Å². The van der Waals surface area contributed by atoms with E-state index in [-0.39, 0.29) is 12.5 Å². The molecule has 1 aliphatic heterocycles. The number of hydrogen-bond acceptors (Lipinski definition) is 4. The number of anilines is 1. The third kappa shape index (κ3) is 5.87. The third-order valence-electron chi connectivity index (χ3n) is 4.37. The van der Waals surface area contributed by atoms with Crippen LogP contribution in [-0.2, 0) is 14.8 Å². The molecule has 0 unspecified atom stereocenters. The SMILES string of the molecule is Cc1c(Cl)cccc1N(CC(=O)NCCCN1CCCC1)S(C)(=O)=O. The molecule has 1 saturated heterocycles. The summed E-state index contributed by atoms with van der Waals surface area (Å²) in [6, 6.07) is 5.03. The highest BCUT2D eigenvalue weighted by atomic mass is 35.5. The van der Waals surface area contributed by atoms with Crippen LogP contribution in [0, 0.1) is 6.92 Å². The van der Waals surface area contributed by atoms with Gasteiger partial charge in [-0.25, -0.2) is 8.42 Å². The number of nitrogens with zero attached hydrogens (tertiary/aromatic N) is 2. The molecule has 6 nitrogen and oxygen atoms in total. The minimum atomic E-state index is -3.59. The summed E-state index contributed by atoms with van der Waals surface area (Å²) >= 11 is 6.08. The van der Waals surface area contributed by atoms with Gasteiger partial charge in [-0.05, 0) is 63.5 Å². The fraction of sp³-hybridized carbons (Fsp3) is 0.588. The Balaban J connectivity index is 1.93. The van der Waals surface area contributed by atoms with Crippen LogP contribution in [-0.4, -0.2) is 58.2 Å². The van der Waals surface area contributed by atoms with Crippen LogP contribution in [0.3, 0.4) is 0 Å². The van der Waals surface area contributed by atoms with Crippen molar-refractivity contribution in [2.24, 2.45) is 0 Å². The summed E-state index contributed by atoms with van der Waals surface area (Å²) in [6.07, 6.45) is 4.44. The molecule has 1 heterocycles. The van der Waals surface area contributed by atoms with Gasteiger partial charge in [-0.2, -0.15) is 0 Å². The van der Waals surface area contributed by atoms with Crippen LogP contribution in [0.15, 0.2) is 18.2 Å². The van der Waals surface area contributed by atoms with E-state index in [1.807, 2.05) is 0 Å². The number of carbonyl (C=O) groups is 1. The van der Waals surface area contributed by atoms with Gasteiger partial charge in [-0.3, -0.25) is 9.10 Å². The highest BCUT2D eigenvalue weighted by Gasteiger charge is 2.23. The summed E-state index contributed by atoms with van der Waals surface area (Å²) < 4.78 is 25.4. The van der Waals surface area contributed by atoms with Crippen molar-refractivity contribution in [3.05, 3.63) is 28.8 Å². The van der Waals surface area contributed by atoms with E-state index < -0.39 is 10.0 Å². The number of hydrogen-bond donors (Lipinski definition) is 1. The lowest BCUT2D eigenvalue weighted by molar-refractivity contribution is -0.119. The van der Waals surface area contributed by atoms with E-state index in [9.17, 15) is 13.2 Å². The van der Waals surface area contributed by atoms with Crippen LogP contribution in [0.1, 0.15) is 24.8 Å². The minimum Gasteiger partial charge on any atom is -0.354 e. The predicted octanol–water partition coefficient (Wildman–Crippen LogP) is 2.02. The van der Waals surface area contributed by atoms with Crippen molar-refractivity contribution in [1.82, 2.24) is 10.2 Å². The number of likely N-dealkylation sites (tertiary alicyclic amines) is 1. The highest BCUT2D eigenvalue weighted by Crippen LogP contribution is 2.27. The van der Waals surface area contributed by atoms with Gasteiger partial charge in [0.05, 0.1) is 11.9 Å². The fourth-order valence-corrected chi connectivity index (χ4v) is 4.05. The summed E-state index contributed by atoms with van der Waals surface area (Å²) in [5.41, 5.74) is 1.07. The Hall–Kier alpha value is -1.31. The monoisotopic (exact) mass is 387 g/mol. The van der Waals surface area contributed by atoms with E-state index in [0.29, 0.717) is 22.8 Å². The number of carbonyl (C=O) groups excluding carboxylic acids is 1. The van der Waals surface area contributed by atoms with Crippen LogP contribution in [0.4, 0.5) is 5.69 Å². The zero-order valence-corrected chi connectivity index (χ0v) is 16.4. The number of nitrogens with one attached hydrogen (secondary N) is 1. The molecule has 0 radical (unpaired) electrons. The smallest absolute Gasteiger partial charge is 0.240 e. The van der Waals surface area contributed by atoms with E-state index in [1.165, 1.54) is 12.8 Å². The maximum atomic E-state index is 12.2. The zero-order valence-electron chi connectivity index (χ0n) is 14.8. The van der Waals surface area contributed by atoms with Gasteiger partial charge >= 0.3 is 0 Å². The van der Waals surface area contributed by atoms with Crippen LogP contribution < -0.4 is 9.62 Å². The van der Waals surface area contributed by atoms with Crippen molar-refractivity contribution in [3.8, 4) is 0 Å². The molecule has 0 bridgehead atoms. The fourth-order valence-electron chi connectivity index (χ4n) is 2.97. The van der Waals surface area contributed by atoms with Crippen molar-refractivity contribution >= 4 is 33.2 Å². The predicted molar refractivity (Wildman–Crippen MR) is 102 cm³/mol. The number of sulfonamides is 1. The van der Waals surface area contributed by atoms with Crippen LogP contribution >= 0.6 is 11.6 Å². The molecular formula is C17H26ClN3O3S. The normalized spacial score (nSPS) is 15.3. The zero-order chi connectivity index (χ0) is 18.4. The molecule has 2 rings (SSSR count). The van der Waals surface area contributed by atoms with E-state index in [2.05, 4.69) is 10.2 Å². The van der Waals surface area contributed by atoms with Gasteiger partial charge in [-0.15, -0.1) is 0 Å². The summed E-state index contributed by atoms with van der Waals surface area (Å²) in [5, 5.41) is 3.28. The van der Waals surface area contributed by atoms with Crippen LogP contribution in [0.25, 0.3) is 0 Å². The second-order valence-corrected chi connectivity index (χ2v) is 8.72. The Morgan fingerprint density at radius 2 is 2.00 bits per heavy atom. The molecule has 1 N–H and O–H groups in total. The second-order valence-electron chi connectivity index (χ2n) is 6.41. The van der Waals surface area contributed by atoms with Gasteiger partial charge < -0.3 is 10.2 Å². The quantitative estimate of drug-likeness (QED) is 0.693. The molecule has 0 saturated carbocycles. The van der Waals surface area contributed by atoms with Gasteiger partial charge in [0, 0.05) is 11.6 Å². The number of halogens is 1. The standard InChI is InChI=1S/C17H26ClN3O3S/c1-14-15(18)7-5-8-16(14)21(25(2,23)24)13-17(22)19-9-6-12-20-10-3-4-11-20/h5,7-8H,3-4,6,9-13H2,1-2H3,(H,19,22). The average Bonchev–Trinajstić information content (AvgIpc) is 3.05. The Morgan fingerprint density at radius 3 is 2.64 bits per heavy atom. The van der Waals surface area contributed by atoms with Crippen molar-refractivity contribution < 1.29 is 13.2 Å². The van der Waals surface area contributed by atoms with Crippen molar-refractivity contribution in [2.75, 3.05) is 43.3 Å². The molecule has 0 aliphatic carbocycles. The lowest BCUT2D eigenvalue weighted by Gasteiger charge is -2.24. The van der Waals surface area contributed by atoms with Crippen LogP contribution in [0.2, 0.25) is 5.02 Å². The molecule has 8 heteroatoms. The molecule has 25 heavy (non-hydrogen) atoms. The number of amides is 1. The third-order valence-corrected chi connectivity index (χ3v) is 5.90. The molecule has 140 valence electrons. The Bertz CT molecular complexity index is 703. The molecule has 1 aliphatic rings. The molecule has 0 aromatic heterocycles. The molecule has 1 aromatic rings. The molecular weight excluding hydrogens is 362 g/mol. The minimum absolute atomic E-state index is 0.246. The Labute approximate surface area is 155 Å². The highest BCUT2D eigenvalue weighted by molar-refractivity contribution is 7.92. The molecule has 0 spiro atoms. The van der Waals surface area contributed by atoms with E-state index in [1.54, 1.807) is 25.1 Å². The average molecular weight is 388 g/mol. The lowest BCUT2D eigenvalue weighted by atomic mass is 10.2. The van der Waals surface area contributed by atoms with Crippen LogP contribution in [0.5, 0.6) is 0 Å². The molecule has 0 atom stereocenters. The molecule has 1 amide bonds. The summed E-state index contributed by atoms with van der Waals surface area (Å²) in [5.74, 6) is -0.314. The first-order valence-electron chi connectivity index (χ1n) is 8.51. The topological polar surface area (TPSA) is 69.7 Å². The van der Waals surface area contributed by atoms with Crippen molar-refractivity contribution in [1.29, 1.82) is 0 Å². The van der Waals surface area contributed by atoms with Crippen molar-refractivity contribution in [2.45, 2.75) is 26.2 Å². The Morgan fingerprint density at radius 1 is 1.32 bits per heavy atom. The molecule has 1 aromatic carbocycles. The van der Waals surface area contributed by atoms with E-state index in [4.69, 9.17) is 11.6 Å². The summed E-state index contributed by atoms with van der Waals surface area (Å²) in [4.78, 5) is 14.6. The maximum absolute atomic E-state index is 12.2. The first-order chi connectivity index (χ1) is 11.8. The number of benzene rings is 1. The first-order valence-corrected chi connectivity index (χ1v) is 10.7. The summed E-state index contributed by atoms with van der Waals surface area (Å²) in [6.45, 7) is 5.26. The maximum Gasteiger partial charge on any atom is 0.240 e. The molecule has 1 fully saturated rings.